The van der Waals surface area contributed by atoms with E-state index in [1.165, 1.54) is 0 Å². The second kappa shape index (κ2) is 7.97. The fourth-order valence-electron chi connectivity index (χ4n) is 3.36. The fourth-order valence-corrected chi connectivity index (χ4v) is 3.36. The van der Waals surface area contributed by atoms with Crippen LogP contribution >= 0.6 is 0 Å². The van der Waals surface area contributed by atoms with Crippen molar-refractivity contribution in [1.29, 1.82) is 0 Å². The largest absolute Gasteiger partial charge is 0.493 e. The highest BCUT2D eigenvalue weighted by molar-refractivity contribution is 5.84. The Bertz CT molecular complexity index is 1050. The lowest BCUT2D eigenvalue weighted by atomic mass is 10.0. The summed E-state index contributed by atoms with van der Waals surface area (Å²) in [6, 6.07) is 11.0. The number of unbranched alkanes of at least 4 members (excludes halogenated alkanes) is 1. The van der Waals surface area contributed by atoms with Gasteiger partial charge in [-0.1, -0.05) is 19.4 Å². The van der Waals surface area contributed by atoms with Crippen LogP contribution in [0.1, 0.15) is 31.9 Å². The van der Waals surface area contributed by atoms with Crippen molar-refractivity contribution in [2.24, 2.45) is 0 Å². The first-order valence-electron chi connectivity index (χ1n) is 9.77. The van der Waals surface area contributed by atoms with E-state index < -0.39 is 0 Å². The molecule has 0 atom stereocenters. The molecule has 1 aliphatic heterocycles. The third-order valence-corrected chi connectivity index (χ3v) is 4.84. The summed E-state index contributed by atoms with van der Waals surface area (Å²) in [5, 5.41) is 0.538. The highest BCUT2D eigenvalue weighted by atomic mass is 16.5. The van der Waals surface area contributed by atoms with Gasteiger partial charge in [0, 0.05) is 12.5 Å². The standard InChI is InChI=1S/C23H24O5/c1-3-4-10-25-17-7-8-18-20(14-17)28-15(2)22(23(18)24)16-6-9-19-21(13-16)27-12-5-11-26-19/h6-9,13-14H,3-5,10-12H2,1-2H3. The monoisotopic (exact) mass is 380 g/mol. The van der Waals surface area contributed by atoms with Gasteiger partial charge in [0.15, 0.2) is 11.5 Å². The van der Waals surface area contributed by atoms with Gasteiger partial charge in [0.05, 0.1) is 30.8 Å². The zero-order valence-electron chi connectivity index (χ0n) is 16.2. The highest BCUT2D eigenvalue weighted by Crippen LogP contribution is 2.35. The van der Waals surface area contributed by atoms with E-state index in [0.717, 1.165) is 24.8 Å². The summed E-state index contributed by atoms with van der Waals surface area (Å²) < 4.78 is 23.2. The quantitative estimate of drug-likeness (QED) is 0.576. The van der Waals surface area contributed by atoms with Crippen LogP contribution in [-0.4, -0.2) is 19.8 Å². The summed E-state index contributed by atoms with van der Waals surface area (Å²) in [6.07, 6.45) is 2.90. The predicted octanol–water partition coefficient (Wildman–Crippen LogP) is 5.11. The second-order valence-corrected chi connectivity index (χ2v) is 6.93. The third kappa shape index (κ3) is 3.57. The van der Waals surface area contributed by atoms with Gasteiger partial charge in [-0.3, -0.25) is 4.79 Å². The minimum atomic E-state index is -0.0617. The van der Waals surface area contributed by atoms with Crippen LogP contribution in [0.5, 0.6) is 17.2 Å². The van der Waals surface area contributed by atoms with Crippen LogP contribution < -0.4 is 19.6 Å². The molecule has 0 aliphatic carbocycles. The average molecular weight is 380 g/mol. The van der Waals surface area contributed by atoms with Crippen molar-refractivity contribution in [2.45, 2.75) is 33.1 Å². The van der Waals surface area contributed by atoms with Gasteiger partial charge >= 0.3 is 0 Å². The van der Waals surface area contributed by atoms with Gasteiger partial charge in [0.25, 0.3) is 0 Å². The molecule has 0 amide bonds. The second-order valence-electron chi connectivity index (χ2n) is 6.93. The van der Waals surface area contributed by atoms with Crippen LogP contribution in [0.25, 0.3) is 22.1 Å². The number of hydrogen-bond acceptors (Lipinski definition) is 5. The van der Waals surface area contributed by atoms with Gasteiger partial charge in [-0.25, -0.2) is 0 Å². The minimum absolute atomic E-state index is 0.0617. The fraction of sp³-hybridized carbons (Fsp3) is 0.348. The molecule has 0 radical (unpaired) electrons. The van der Waals surface area contributed by atoms with E-state index in [0.29, 0.717) is 59.4 Å². The smallest absolute Gasteiger partial charge is 0.200 e. The zero-order chi connectivity index (χ0) is 19.5. The molecule has 0 saturated heterocycles. The number of hydrogen-bond donors (Lipinski definition) is 0. The average Bonchev–Trinajstić information content (AvgIpc) is 2.93. The lowest BCUT2D eigenvalue weighted by molar-refractivity contribution is 0.297. The van der Waals surface area contributed by atoms with Crippen LogP contribution in [0.3, 0.4) is 0 Å². The molecule has 4 rings (SSSR count). The maximum absolute atomic E-state index is 13.2. The molecule has 5 heteroatoms. The Morgan fingerprint density at radius 1 is 1.04 bits per heavy atom. The molecule has 0 N–H and O–H groups in total. The van der Waals surface area contributed by atoms with Crippen LogP contribution in [0, 0.1) is 6.92 Å². The lowest BCUT2D eigenvalue weighted by Gasteiger charge is -2.12. The maximum Gasteiger partial charge on any atom is 0.200 e. The van der Waals surface area contributed by atoms with Crippen molar-refractivity contribution in [2.75, 3.05) is 19.8 Å². The van der Waals surface area contributed by atoms with Crippen LogP contribution in [0.15, 0.2) is 45.6 Å². The number of benzene rings is 2. The van der Waals surface area contributed by atoms with Crippen molar-refractivity contribution in [3.8, 4) is 28.4 Å². The summed E-state index contributed by atoms with van der Waals surface area (Å²) in [5.74, 6) is 2.65. The summed E-state index contributed by atoms with van der Waals surface area (Å²) in [7, 11) is 0. The van der Waals surface area contributed by atoms with Gasteiger partial charge < -0.3 is 18.6 Å². The van der Waals surface area contributed by atoms with Crippen LogP contribution in [-0.2, 0) is 0 Å². The number of ether oxygens (including phenoxy) is 3. The Morgan fingerprint density at radius 2 is 1.86 bits per heavy atom. The van der Waals surface area contributed by atoms with Crippen LogP contribution in [0.4, 0.5) is 0 Å². The zero-order valence-corrected chi connectivity index (χ0v) is 16.2. The first-order valence-corrected chi connectivity index (χ1v) is 9.77. The van der Waals surface area contributed by atoms with E-state index in [9.17, 15) is 4.79 Å². The molecule has 28 heavy (non-hydrogen) atoms. The summed E-state index contributed by atoms with van der Waals surface area (Å²) in [4.78, 5) is 13.2. The Labute approximate surface area is 163 Å². The Hall–Kier alpha value is -2.95. The minimum Gasteiger partial charge on any atom is -0.493 e. The van der Waals surface area contributed by atoms with E-state index in [2.05, 4.69) is 6.92 Å². The summed E-state index contributed by atoms with van der Waals surface area (Å²) >= 11 is 0. The van der Waals surface area contributed by atoms with Crippen molar-refractivity contribution in [3.63, 3.8) is 0 Å². The van der Waals surface area contributed by atoms with E-state index >= 15 is 0 Å². The van der Waals surface area contributed by atoms with E-state index in [1.54, 1.807) is 12.1 Å². The van der Waals surface area contributed by atoms with Crippen molar-refractivity contribution >= 4 is 11.0 Å². The predicted molar refractivity (Wildman–Crippen MR) is 109 cm³/mol. The summed E-state index contributed by atoms with van der Waals surface area (Å²) in [6.45, 7) is 5.81. The Kier molecular flexibility index (Phi) is 5.24. The molecule has 0 fully saturated rings. The Balaban J connectivity index is 1.75. The number of rotatable bonds is 5. The van der Waals surface area contributed by atoms with Gasteiger partial charge in [-0.05, 0) is 43.2 Å². The molecular weight excluding hydrogens is 356 g/mol. The molecule has 5 nitrogen and oxygen atoms in total. The van der Waals surface area contributed by atoms with Gasteiger partial charge in [-0.15, -0.1) is 0 Å². The molecule has 0 spiro atoms. The molecule has 0 saturated carbocycles. The molecular formula is C23H24O5. The maximum atomic E-state index is 13.2. The summed E-state index contributed by atoms with van der Waals surface area (Å²) in [5.41, 5.74) is 1.78. The normalized spacial score (nSPS) is 13.4. The number of fused-ring (bicyclic) bond motifs is 2. The highest BCUT2D eigenvalue weighted by Gasteiger charge is 2.17. The van der Waals surface area contributed by atoms with Crippen molar-refractivity contribution in [3.05, 3.63) is 52.4 Å². The molecule has 1 aliphatic rings. The third-order valence-electron chi connectivity index (χ3n) is 4.84. The van der Waals surface area contributed by atoms with Gasteiger partial charge in [-0.2, -0.15) is 0 Å². The topological polar surface area (TPSA) is 57.9 Å². The van der Waals surface area contributed by atoms with Gasteiger partial charge in [0.2, 0.25) is 5.43 Å². The molecule has 3 aromatic rings. The molecule has 2 heterocycles. The SMILES string of the molecule is CCCCOc1ccc2c(=O)c(-c3ccc4c(c3)OCCCO4)c(C)oc2c1. The van der Waals surface area contributed by atoms with Crippen molar-refractivity contribution in [1.82, 2.24) is 0 Å². The van der Waals surface area contributed by atoms with E-state index in [-0.39, 0.29) is 5.43 Å². The van der Waals surface area contributed by atoms with E-state index in [1.807, 2.05) is 31.2 Å². The molecule has 1 aromatic heterocycles. The molecule has 0 unspecified atom stereocenters. The van der Waals surface area contributed by atoms with Gasteiger partial charge in [0.1, 0.15) is 17.1 Å². The van der Waals surface area contributed by atoms with E-state index in [4.69, 9.17) is 18.6 Å². The van der Waals surface area contributed by atoms with Crippen molar-refractivity contribution < 1.29 is 18.6 Å². The molecule has 0 bridgehead atoms. The first-order chi connectivity index (χ1) is 13.7. The lowest BCUT2D eigenvalue weighted by Crippen LogP contribution is -2.08. The first kappa shape index (κ1) is 18.4. The number of aryl methyl sites for hydroxylation is 1. The van der Waals surface area contributed by atoms with Crippen LogP contribution in [0.2, 0.25) is 0 Å². The Morgan fingerprint density at radius 3 is 2.68 bits per heavy atom. The molecule has 146 valence electrons. The molecule has 2 aromatic carbocycles.